The minimum atomic E-state index is -0.718. The summed E-state index contributed by atoms with van der Waals surface area (Å²) in [4.78, 5) is 12.7. The molecule has 0 radical (unpaired) electrons. The van der Waals surface area contributed by atoms with Crippen LogP contribution in [-0.4, -0.2) is 34.0 Å². The normalized spacial score (nSPS) is 15.4. The lowest BCUT2D eigenvalue weighted by Crippen LogP contribution is -2.41. The monoisotopic (exact) mass is 381 g/mol. The summed E-state index contributed by atoms with van der Waals surface area (Å²) in [6, 6.07) is 6.51. The van der Waals surface area contributed by atoms with Crippen LogP contribution < -0.4 is 10.6 Å². The van der Waals surface area contributed by atoms with Crippen LogP contribution in [0.2, 0.25) is 0 Å². The van der Waals surface area contributed by atoms with Crippen molar-refractivity contribution in [3.8, 4) is 0 Å². The van der Waals surface area contributed by atoms with Gasteiger partial charge in [0.05, 0.1) is 17.3 Å². The Morgan fingerprint density at radius 1 is 1.35 bits per heavy atom. The van der Waals surface area contributed by atoms with Crippen molar-refractivity contribution in [3.05, 3.63) is 47.0 Å². The molecule has 0 aliphatic carbocycles. The van der Waals surface area contributed by atoms with E-state index in [0.717, 1.165) is 31.6 Å². The molecule has 0 bridgehead atoms. The number of benzene rings is 1. The van der Waals surface area contributed by atoms with E-state index in [1.54, 1.807) is 12.1 Å². The molecule has 8 heteroatoms. The first-order valence-electron chi connectivity index (χ1n) is 8.59. The molecule has 3 rings (SSSR count). The molecular formula is C18H25ClFN5O. The number of carbonyl (C=O) groups is 1. The molecule has 1 aromatic heterocycles. The van der Waals surface area contributed by atoms with Crippen molar-refractivity contribution in [2.24, 2.45) is 0 Å². The third kappa shape index (κ3) is 4.22. The fourth-order valence-corrected chi connectivity index (χ4v) is 3.24. The van der Waals surface area contributed by atoms with Gasteiger partial charge >= 0.3 is 0 Å². The predicted octanol–water partition coefficient (Wildman–Crippen LogP) is 2.74. The van der Waals surface area contributed by atoms with Crippen molar-refractivity contribution in [1.29, 1.82) is 0 Å². The van der Waals surface area contributed by atoms with Crippen molar-refractivity contribution >= 4 is 18.3 Å². The minimum absolute atomic E-state index is 0. The van der Waals surface area contributed by atoms with Crippen LogP contribution in [0.1, 0.15) is 54.5 Å². The molecule has 0 spiro atoms. The van der Waals surface area contributed by atoms with E-state index < -0.39 is 5.54 Å². The molecule has 1 amide bonds. The zero-order valence-electron chi connectivity index (χ0n) is 15.3. The second-order valence-electron chi connectivity index (χ2n) is 7.04. The van der Waals surface area contributed by atoms with Gasteiger partial charge in [-0.3, -0.25) is 4.79 Å². The van der Waals surface area contributed by atoms with E-state index in [0.29, 0.717) is 11.3 Å². The quantitative estimate of drug-likeness (QED) is 0.854. The SMILES string of the molecule is Cc1c(C(=O)NC(C)(C)c2cccc(F)c2)nnn1C1CCNCC1.Cl. The van der Waals surface area contributed by atoms with Gasteiger partial charge in [-0.25, -0.2) is 9.07 Å². The highest BCUT2D eigenvalue weighted by molar-refractivity contribution is 5.93. The summed E-state index contributed by atoms with van der Waals surface area (Å²) in [5, 5.41) is 14.5. The van der Waals surface area contributed by atoms with Crippen molar-refractivity contribution in [3.63, 3.8) is 0 Å². The number of piperidine rings is 1. The number of hydrogen-bond acceptors (Lipinski definition) is 4. The second-order valence-corrected chi connectivity index (χ2v) is 7.04. The highest BCUT2D eigenvalue weighted by atomic mass is 35.5. The molecule has 1 fully saturated rings. The minimum Gasteiger partial charge on any atom is -0.342 e. The molecule has 142 valence electrons. The smallest absolute Gasteiger partial charge is 0.274 e. The Hall–Kier alpha value is -1.99. The maximum absolute atomic E-state index is 13.5. The molecule has 6 nitrogen and oxygen atoms in total. The lowest BCUT2D eigenvalue weighted by Gasteiger charge is -2.27. The summed E-state index contributed by atoms with van der Waals surface area (Å²) in [5.41, 5.74) is 1.07. The number of nitrogens with zero attached hydrogens (tertiary/aromatic N) is 3. The molecule has 1 aromatic carbocycles. The highest BCUT2D eigenvalue weighted by Gasteiger charge is 2.28. The molecule has 2 aromatic rings. The van der Waals surface area contributed by atoms with Gasteiger partial charge in [-0.2, -0.15) is 0 Å². The lowest BCUT2D eigenvalue weighted by molar-refractivity contribution is 0.0906. The van der Waals surface area contributed by atoms with Crippen LogP contribution in [0.4, 0.5) is 4.39 Å². The summed E-state index contributed by atoms with van der Waals surface area (Å²) >= 11 is 0. The van der Waals surface area contributed by atoms with E-state index >= 15 is 0 Å². The molecular weight excluding hydrogens is 357 g/mol. The lowest BCUT2D eigenvalue weighted by atomic mass is 9.94. The van der Waals surface area contributed by atoms with Crippen LogP contribution >= 0.6 is 12.4 Å². The Kier molecular flexibility index (Phi) is 6.36. The van der Waals surface area contributed by atoms with Gasteiger partial charge in [0.15, 0.2) is 5.69 Å². The average Bonchev–Trinajstić information content (AvgIpc) is 2.97. The van der Waals surface area contributed by atoms with Gasteiger partial charge in [0.25, 0.3) is 5.91 Å². The standard InChI is InChI=1S/C18H24FN5O.ClH/c1-12-16(22-23-24(12)15-7-9-20-10-8-15)17(25)21-18(2,3)13-5-4-6-14(19)11-13;/h4-6,11,15,20H,7-10H2,1-3H3,(H,21,25);1H. The first-order valence-corrected chi connectivity index (χ1v) is 8.59. The van der Waals surface area contributed by atoms with Crippen LogP contribution in [0.5, 0.6) is 0 Å². The number of carbonyl (C=O) groups excluding carboxylic acids is 1. The van der Waals surface area contributed by atoms with E-state index in [1.165, 1.54) is 12.1 Å². The average molecular weight is 382 g/mol. The number of hydrogen-bond donors (Lipinski definition) is 2. The van der Waals surface area contributed by atoms with E-state index in [9.17, 15) is 9.18 Å². The van der Waals surface area contributed by atoms with Crippen molar-refractivity contribution < 1.29 is 9.18 Å². The molecule has 26 heavy (non-hydrogen) atoms. The van der Waals surface area contributed by atoms with Crippen LogP contribution in [0.3, 0.4) is 0 Å². The molecule has 1 aliphatic heterocycles. The molecule has 1 aliphatic rings. The van der Waals surface area contributed by atoms with E-state index in [-0.39, 0.29) is 30.2 Å². The van der Waals surface area contributed by atoms with E-state index in [1.807, 2.05) is 25.5 Å². The van der Waals surface area contributed by atoms with Gasteiger partial charge in [-0.15, -0.1) is 17.5 Å². The van der Waals surface area contributed by atoms with E-state index in [4.69, 9.17) is 0 Å². The maximum atomic E-state index is 13.5. The first kappa shape index (κ1) is 20.3. The van der Waals surface area contributed by atoms with Crippen molar-refractivity contribution in [2.75, 3.05) is 13.1 Å². The van der Waals surface area contributed by atoms with Crippen molar-refractivity contribution in [1.82, 2.24) is 25.6 Å². The molecule has 0 saturated carbocycles. The van der Waals surface area contributed by atoms with Crippen LogP contribution in [0.25, 0.3) is 0 Å². The number of halogens is 2. The topological polar surface area (TPSA) is 71.8 Å². The number of nitrogens with one attached hydrogen (secondary N) is 2. The third-order valence-electron chi connectivity index (χ3n) is 4.77. The van der Waals surface area contributed by atoms with Gasteiger partial charge in [-0.1, -0.05) is 17.3 Å². The Morgan fingerprint density at radius 3 is 2.69 bits per heavy atom. The Labute approximate surface area is 159 Å². The molecule has 2 heterocycles. The second kappa shape index (κ2) is 8.14. The maximum Gasteiger partial charge on any atom is 0.274 e. The van der Waals surface area contributed by atoms with Gasteiger partial charge in [0.1, 0.15) is 5.82 Å². The summed E-state index contributed by atoms with van der Waals surface area (Å²) < 4.78 is 15.3. The fraction of sp³-hybridized carbons (Fsp3) is 0.500. The zero-order chi connectivity index (χ0) is 18.0. The molecule has 1 saturated heterocycles. The Bertz CT molecular complexity index is 771. The Morgan fingerprint density at radius 2 is 2.04 bits per heavy atom. The zero-order valence-corrected chi connectivity index (χ0v) is 16.1. The van der Waals surface area contributed by atoms with E-state index in [2.05, 4.69) is 20.9 Å². The molecule has 0 unspecified atom stereocenters. The summed E-state index contributed by atoms with van der Waals surface area (Å²) in [5.74, 6) is -0.625. The first-order chi connectivity index (χ1) is 11.9. The van der Waals surface area contributed by atoms with Crippen LogP contribution in [0, 0.1) is 12.7 Å². The summed E-state index contributed by atoms with van der Waals surface area (Å²) in [6.07, 6.45) is 1.94. The van der Waals surface area contributed by atoms with Gasteiger partial charge in [0, 0.05) is 0 Å². The van der Waals surface area contributed by atoms with Crippen LogP contribution in [0.15, 0.2) is 24.3 Å². The van der Waals surface area contributed by atoms with Gasteiger partial charge in [0.2, 0.25) is 0 Å². The fourth-order valence-electron chi connectivity index (χ4n) is 3.24. The Balaban J connectivity index is 0.00000243. The highest BCUT2D eigenvalue weighted by Crippen LogP contribution is 2.23. The molecule has 0 atom stereocenters. The summed E-state index contributed by atoms with van der Waals surface area (Å²) in [7, 11) is 0. The number of rotatable bonds is 4. The predicted molar refractivity (Wildman–Crippen MR) is 100 cm³/mol. The molecule has 2 N–H and O–H groups in total. The largest absolute Gasteiger partial charge is 0.342 e. The van der Waals surface area contributed by atoms with Gasteiger partial charge in [-0.05, 0) is 64.4 Å². The summed E-state index contributed by atoms with van der Waals surface area (Å²) in [6.45, 7) is 7.43. The number of aromatic nitrogens is 3. The van der Waals surface area contributed by atoms with Crippen LogP contribution in [-0.2, 0) is 5.54 Å². The third-order valence-corrected chi connectivity index (χ3v) is 4.77. The number of amides is 1. The van der Waals surface area contributed by atoms with Crippen molar-refractivity contribution in [2.45, 2.75) is 45.2 Å². The van der Waals surface area contributed by atoms with Gasteiger partial charge < -0.3 is 10.6 Å².